The molecule has 5 nitrogen and oxygen atoms in total. The highest BCUT2D eigenvalue weighted by Gasteiger charge is 2.24. The number of aromatic nitrogens is 1. The number of nitrogens with one attached hydrogen (secondary N) is 1. The summed E-state index contributed by atoms with van der Waals surface area (Å²) in [6.45, 7) is 5.80. The van der Waals surface area contributed by atoms with Crippen LogP contribution in [0.1, 0.15) is 46.5 Å². The molecule has 5 heteroatoms. The Balaban J connectivity index is 1.87. The predicted molar refractivity (Wildman–Crippen MR) is 104 cm³/mol. The summed E-state index contributed by atoms with van der Waals surface area (Å²) in [6, 6.07) is 7.22. The first-order valence-corrected chi connectivity index (χ1v) is 9.40. The van der Waals surface area contributed by atoms with Gasteiger partial charge < -0.3 is 15.0 Å². The van der Waals surface area contributed by atoms with Crippen LogP contribution in [0.4, 0.5) is 5.69 Å². The number of anilines is 1. The Labute approximate surface area is 154 Å². The van der Waals surface area contributed by atoms with Crippen LogP contribution >= 0.6 is 0 Å². The lowest BCUT2D eigenvalue weighted by molar-refractivity contribution is -0.121. The zero-order valence-electron chi connectivity index (χ0n) is 15.8. The van der Waals surface area contributed by atoms with Crippen LogP contribution in [-0.2, 0) is 11.3 Å². The number of hydrogen-bond acceptors (Lipinski definition) is 3. The van der Waals surface area contributed by atoms with Crippen LogP contribution in [-0.4, -0.2) is 21.2 Å². The maximum absolute atomic E-state index is 12.7. The summed E-state index contributed by atoms with van der Waals surface area (Å²) in [6.07, 6.45) is 5.72. The Bertz CT molecular complexity index is 856. The standard InChI is InChI=1S/C21H28N2O3/c1-14-7-9-15(10-8-14)19(24)22-18-6-4-5-17-16(18)11-12-23(20(17)25)13-21(2,3)26/h4-6,11-12,14-15,26H,7-10,13H2,1-3H3,(H,22,24)/t14-,15-. The summed E-state index contributed by atoms with van der Waals surface area (Å²) in [5, 5.41) is 14.3. The SMILES string of the molecule is CC(C)(O)Cn1ccc2c(NC(=O)[C@H]3CC[C@H](C)CC3)cccc2c1=O. The van der Waals surface area contributed by atoms with E-state index < -0.39 is 5.60 Å². The highest BCUT2D eigenvalue weighted by atomic mass is 16.3. The quantitative estimate of drug-likeness (QED) is 0.880. The highest BCUT2D eigenvalue weighted by molar-refractivity contribution is 6.02. The molecule has 1 aromatic carbocycles. The van der Waals surface area contributed by atoms with Crippen molar-refractivity contribution in [1.82, 2.24) is 4.57 Å². The van der Waals surface area contributed by atoms with Crippen molar-refractivity contribution in [3.8, 4) is 0 Å². The molecule has 1 aliphatic carbocycles. The van der Waals surface area contributed by atoms with Crippen LogP contribution in [0.25, 0.3) is 10.8 Å². The Hall–Kier alpha value is -2.14. The second kappa shape index (κ2) is 7.23. The van der Waals surface area contributed by atoms with Crippen LogP contribution in [0.2, 0.25) is 0 Å². The largest absolute Gasteiger partial charge is 0.389 e. The Kier molecular flexibility index (Phi) is 5.19. The number of carbonyl (C=O) groups is 1. The van der Waals surface area contributed by atoms with Gasteiger partial charge in [0.1, 0.15) is 0 Å². The lowest BCUT2D eigenvalue weighted by atomic mass is 9.82. The van der Waals surface area contributed by atoms with Gasteiger partial charge in [-0.2, -0.15) is 0 Å². The van der Waals surface area contributed by atoms with E-state index in [1.54, 1.807) is 32.2 Å². The summed E-state index contributed by atoms with van der Waals surface area (Å²) < 4.78 is 1.51. The van der Waals surface area contributed by atoms with Gasteiger partial charge in [0.25, 0.3) is 5.56 Å². The van der Waals surface area contributed by atoms with Crippen LogP contribution in [0.3, 0.4) is 0 Å². The highest BCUT2D eigenvalue weighted by Crippen LogP contribution is 2.30. The summed E-state index contributed by atoms with van der Waals surface area (Å²) in [5.41, 5.74) is -0.451. The molecule has 0 atom stereocenters. The fraction of sp³-hybridized carbons (Fsp3) is 0.524. The molecular formula is C21H28N2O3. The number of carbonyl (C=O) groups excluding carboxylic acids is 1. The molecule has 0 aliphatic heterocycles. The molecule has 140 valence electrons. The van der Waals surface area contributed by atoms with Gasteiger partial charge in [-0.15, -0.1) is 0 Å². The average Bonchev–Trinajstić information content (AvgIpc) is 2.57. The Morgan fingerprint density at radius 1 is 1.19 bits per heavy atom. The summed E-state index contributed by atoms with van der Waals surface area (Å²) in [7, 11) is 0. The molecule has 0 spiro atoms. The third-order valence-corrected chi connectivity index (χ3v) is 5.22. The van der Waals surface area contributed by atoms with Gasteiger partial charge in [0.15, 0.2) is 0 Å². The van der Waals surface area contributed by atoms with E-state index in [1.807, 2.05) is 12.1 Å². The van der Waals surface area contributed by atoms with E-state index in [0.29, 0.717) is 17.0 Å². The van der Waals surface area contributed by atoms with E-state index in [9.17, 15) is 14.7 Å². The minimum absolute atomic E-state index is 0.0464. The first-order valence-electron chi connectivity index (χ1n) is 9.40. The summed E-state index contributed by atoms with van der Waals surface area (Å²) in [5.74, 6) is 0.799. The minimum Gasteiger partial charge on any atom is -0.389 e. The molecule has 0 saturated heterocycles. The van der Waals surface area contributed by atoms with Crippen LogP contribution < -0.4 is 10.9 Å². The monoisotopic (exact) mass is 356 g/mol. The predicted octanol–water partition coefficient (Wildman–Crippen LogP) is 3.54. The zero-order chi connectivity index (χ0) is 18.9. The number of amides is 1. The molecule has 3 rings (SSSR count). The molecule has 2 N–H and O–H groups in total. The van der Waals surface area contributed by atoms with Crippen LogP contribution in [0.5, 0.6) is 0 Å². The minimum atomic E-state index is -0.971. The molecule has 1 aromatic heterocycles. The summed E-state index contributed by atoms with van der Waals surface area (Å²) in [4.78, 5) is 25.4. The molecule has 1 fully saturated rings. The lowest BCUT2D eigenvalue weighted by Crippen LogP contribution is -2.32. The van der Waals surface area contributed by atoms with Gasteiger partial charge in [-0.1, -0.05) is 13.0 Å². The number of rotatable bonds is 4. The van der Waals surface area contributed by atoms with Gasteiger partial charge >= 0.3 is 0 Å². The normalized spacial score (nSPS) is 20.9. The molecule has 1 saturated carbocycles. The number of benzene rings is 1. The van der Waals surface area contributed by atoms with Crippen molar-refractivity contribution in [2.75, 3.05) is 5.32 Å². The lowest BCUT2D eigenvalue weighted by Gasteiger charge is -2.25. The molecule has 1 aliphatic rings. The first kappa shape index (κ1) is 18.6. The van der Waals surface area contributed by atoms with E-state index in [4.69, 9.17) is 0 Å². The number of hydrogen-bond donors (Lipinski definition) is 2. The van der Waals surface area contributed by atoms with Crippen molar-refractivity contribution < 1.29 is 9.90 Å². The fourth-order valence-electron chi connectivity index (χ4n) is 3.73. The third kappa shape index (κ3) is 4.15. The zero-order valence-corrected chi connectivity index (χ0v) is 15.8. The third-order valence-electron chi connectivity index (χ3n) is 5.22. The molecule has 0 bridgehead atoms. The van der Waals surface area contributed by atoms with Crippen molar-refractivity contribution in [2.45, 2.75) is 58.6 Å². The van der Waals surface area contributed by atoms with Gasteiger partial charge in [0.2, 0.25) is 5.91 Å². The van der Waals surface area contributed by atoms with E-state index >= 15 is 0 Å². The average molecular weight is 356 g/mol. The fourth-order valence-corrected chi connectivity index (χ4v) is 3.73. The van der Waals surface area contributed by atoms with Crippen molar-refractivity contribution in [2.24, 2.45) is 11.8 Å². The van der Waals surface area contributed by atoms with E-state index in [2.05, 4.69) is 12.2 Å². The molecule has 2 aromatic rings. The summed E-state index contributed by atoms with van der Waals surface area (Å²) >= 11 is 0. The van der Waals surface area contributed by atoms with Crippen molar-refractivity contribution >= 4 is 22.4 Å². The van der Waals surface area contributed by atoms with Crippen LogP contribution in [0.15, 0.2) is 35.3 Å². The van der Waals surface area contributed by atoms with Crippen molar-refractivity contribution in [3.63, 3.8) is 0 Å². The first-order chi connectivity index (χ1) is 12.2. The smallest absolute Gasteiger partial charge is 0.258 e. The molecule has 0 radical (unpaired) electrons. The van der Waals surface area contributed by atoms with E-state index in [0.717, 1.165) is 31.1 Å². The van der Waals surface area contributed by atoms with E-state index in [-0.39, 0.29) is 23.9 Å². The Morgan fingerprint density at radius 2 is 1.88 bits per heavy atom. The van der Waals surface area contributed by atoms with Crippen molar-refractivity contribution in [3.05, 3.63) is 40.8 Å². The maximum atomic E-state index is 12.7. The van der Waals surface area contributed by atoms with Gasteiger partial charge in [-0.25, -0.2) is 0 Å². The number of aliphatic hydroxyl groups is 1. The second-order valence-electron chi connectivity index (χ2n) is 8.27. The van der Waals surface area contributed by atoms with Gasteiger partial charge in [0.05, 0.1) is 12.1 Å². The molecule has 0 unspecified atom stereocenters. The van der Waals surface area contributed by atoms with Gasteiger partial charge in [0, 0.05) is 28.6 Å². The van der Waals surface area contributed by atoms with Crippen molar-refractivity contribution in [1.29, 1.82) is 0 Å². The van der Waals surface area contributed by atoms with Gasteiger partial charge in [-0.05, 0) is 63.6 Å². The molecule has 1 amide bonds. The van der Waals surface area contributed by atoms with E-state index in [1.165, 1.54) is 4.57 Å². The van der Waals surface area contributed by atoms with Crippen LogP contribution in [0, 0.1) is 11.8 Å². The molecule has 26 heavy (non-hydrogen) atoms. The second-order valence-corrected chi connectivity index (χ2v) is 8.27. The number of fused-ring (bicyclic) bond motifs is 1. The topological polar surface area (TPSA) is 71.3 Å². The molecular weight excluding hydrogens is 328 g/mol. The maximum Gasteiger partial charge on any atom is 0.258 e. The Morgan fingerprint density at radius 3 is 2.54 bits per heavy atom. The molecule has 1 heterocycles. The number of nitrogens with zero attached hydrogens (tertiary/aromatic N) is 1. The van der Waals surface area contributed by atoms with Gasteiger partial charge in [-0.3, -0.25) is 9.59 Å². The number of pyridine rings is 1.